The molecule has 0 unspecified atom stereocenters. The average Bonchev–Trinajstić information content (AvgIpc) is 3.22. The SMILES string of the molecule is CCOc1ccc(S(=O)(=O)N2CCCCC2)cc1NC(=O)CSc1nc2ccccc2s1. The van der Waals surface area contributed by atoms with Gasteiger partial charge in [-0.25, -0.2) is 13.4 Å². The molecule has 0 aliphatic carbocycles. The summed E-state index contributed by atoms with van der Waals surface area (Å²) in [7, 11) is -3.61. The number of nitrogens with zero attached hydrogens (tertiary/aromatic N) is 2. The van der Waals surface area contributed by atoms with E-state index < -0.39 is 10.0 Å². The molecule has 1 saturated heterocycles. The van der Waals surface area contributed by atoms with Crippen molar-refractivity contribution in [3.8, 4) is 5.75 Å². The van der Waals surface area contributed by atoms with E-state index in [1.165, 1.54) is 22.1 Å². The van der Waals surface area contributed by atoms with Crippen molar-refractivity contribution < 1.29 is 17.9 Å². The minimum Gasteiger partial charge on any atom is -0.492 e. The number of thiazole rings is 1. The number of ether oxygens (including phenoxy) is 1. The van der Waals surface area contributed by atoms with Crippen LogP contribution in [0, 0.1) is 0 Å². The van der Waals surface area contributed by atoms with Crippen molar-refractivity contribution in [2.75, 3.05) is 30.8 Å². The Kier molecular flexibility index (Phi) is 7.34. The Bertz CT molecular complexity index is 1170. The second-order valence-corrected chi connectivity index (χ2v) is 11.5. The fourth-order valence-electron chi connectivity index (χ4n) is 3.53. The molecule has 1 amide bonds. The zero-order chi connectivity index (χ0) is 22.6. The van der Waals surface area contributed by atoms with Gasteiger partial charge in [0.25, 0.3) is 0 Å². The zero-order valence-corrected chi connectivity index (χ0v) is 20.2. The number of rotatable bonds is 8. The lowest BCUT2D eigenvalue weighted by Crippen LogP contribution is -2.35. The first-order valence-electron chi connectivity index (χ1n) is 10.5. The Labute approximate surface area is 196 Å². The Hall–Kier alpha value is -2.14. The van der Waals surface area contributed by atoms with Gasteiger partial charge in [-0.15, -0.1) is 11.3 Å². The van der Waals surface area contributed by atoms with Gasteiger partial charge in [-0.2, -0.15) is 4.31 Å². The molecule has 7 nitrogen and oxygen atoms in total. The third-order valence-electron chi connectivity index (χ3n) is 5.08. The van der Waals surface area contributed by atoms with Crippen LogP contribution in [0.5, 0.6) is 5.75 Å². The summed E-state index contributed by atoms with van der Waals surface area (Å²) in [5, 5.41) is 2.82. The Balaban J connectivity index is 1.49. The molecule has 0 spiro atoms. The summed E-state index contributed by atoms with van der Waals surface area (Å²) in [6.45, 7) is 3.29. The zero-order valence-electron chi connectivity index (χ0n) is 17.7. The minimum absolute atomic E-state index is 0.161. The lowest BCUT2D eigenvalue weighted by atomic mass is 10.2. The van der Waals surface area contributed by atoms with E-state index in [1.54, 1.807) is 23.5 Å². The number of carbonyl (C=O) groups is 1. The van der Waals surface area contributed by atoms with E-state index in [4.69, 9.17) is 4.74 Å². The molecule has 0 bridgehead atoms. The molecule has 0 saturated carbocycles. The van der Waals surface area contributed by atoms with Gasteiger partial charge >= 0.3 is 0 Å². The van der Waals surface area contributed by atoms with E-state index in [2.05, 4.69) is 10.3 Å². The largest absolute Gasteiger partial charge is 0.492 e. The van der Waals surface area contributed by atoms with E-state index >= 15 is 0 Å². The van der Waals surface area contributed by atoms with Crippen molar-refractivity contribution in [1.29, 1.82) is 0 Å². The monoisotopic (exact) mass is 491 g/mol. The molecule has 2 heterocycles. The van der Waals surface area contributed by atoms with Crippen LogP contribution in [0.1, 0.15) is 26.2 Å². The second kappa shape index (κ2) is 10.2. The molecule has 3 aromatic rings. The molecule has 10 heteroatoms. The van der Waals surface area contributed by atoms with E-state index in [0.29, 0.717) is 31.1 Å². The van der Waals surface area contributed by atoms with Crippen molar-refractivity contribution >= 4 is 54.9 Å². The molecule has 0 atom stereocenters. The number of piperidine rings is 1. The molecule has 0 radical (unpaired) electrons. The molecular formula is C22H25N3O4S3. The van der Waals surface area contributed by atoms with Gasteiger partial charge in [0.05, 0.1) is 33.2 Å². The third-order valence-corrected chi connectivity index (χ3v) is 9.15. The first-order valence-corrected chi connectivity index (χ1v) is 13.8. The number of nitrogens with one attached hydrogen (secondary N) is 1. The van der Waals surface area contributed by atoms with Gasteiger partial charge in [-0.3, -0.25) is 4.79 Å². The summed E-state index contributed by atoms with van der Waals surface area (Å²) in [6.07, 6.45) is 2.77. The predicted octanol–water partition coefficient (Wildman–Crippen LogP) is 4.60. The number of para-hydroxylation sites is 1. The highest BCUT2D eigenvalue weighted by molar-refractivity contribution is 8.01. The normalized spacial score (nSPS) is 15.0. The lowest BCUT2D eigenvalue weighted by molar-refractivity contribution is -0.113. The topological polar surface area (TPSA) is 88.6 Å². The number of thioether (sulfide) groups is 1. The third kappa shape index (κ3) is 5.25. The number of benzene rings is 2. The quantitative estimate of drug-likeness (QED) is 0.463. The summed E-state index contributed by atoms with van der Waals surface area (Å²) in [4.78, 5) is 17.3. The fourth-order valence-corrected chi connectivity index (χ4v) is 6.94. The molecule has 170 valence electrons. The van der Waals surface area contributed by atoms with Gasteiger partial charge < -0.3 is 10.1 Å². The van der Waals surface area contributed by atoms with Crippen LogP contribution < -0.4 is 10.1 Å². The lowest BCUT2D eigenvalue weighted by Gasteiger charge is -2.26. The maximum absolute atomic E-state index is 13.1. The van der Waals surface area contributed by atoms with Crippen LogP contribution in [0.2, 0.25) is 0 Å². The van der Waals surface area contributed by atoms with Crippen molar-refractivity contribution in [1.82, 2.24) is 9.29 Å². The number of aromatic nitrogens is 1. The van der Waals surface area contributed by atoms with Gasteiger partial charge in [0.15, 0.2) is 4.34 Å². The Morgan fingerprint density at radius 2 is 1.97 bits per heavy atom. The number of amides is 1. The summed E-state index contributed by atoms with van der Waals surface area (Å²) in [5.41, 5.74) is 1.27. The van der Waals surface area contributed by atoms with Gasteiger partial charge in [0.1, 0.15) is 5.75 Å². The van der Waals surface area contributed by atoms with Crippen LogP contribution in [-0.4, -0.2) is 49.1 Å². The summed E-state index contributed by atoms with van der Waals surface area (Å²) in [6, 6.07) is 12.5. The van der Waals surface area contributed by atoms with Crippen LogP contribution in [-0.2, 0) is 14.8 Å². The van der Waals surface area contributed by atoms with Gasteiger partial charge in [-0.05, 0) is 50.1 Å². The van der Waals surface area contributed by atoms with Gasteiger partial charge in [0, 0.05) is 13.1 Å². The van der Waals surface area contributed by atoms with Crippen molar-refractivity contribution in [3.05, 3.63) is 42.5 Å². The van der Waals surface area contributed by atoms with Crippen molar-refractivity contribution in [2.45, 2.75) is 35.4 Å². The Morgan fingerprint density at radius 1 is 1.19 bits per heavy atom. The number of sulfonamides is 1. The molecule has 1 fully saturated rings. The highest BCUT2D eigenvalue weighted by Gasteiger charge is 2.27. The molecule has 1 aliphatic heterocycles. The predicted molar refractivity (Wildman–Crippen MR) is 129 cm³/mol. The fraction of sp³-hybridized carbons (Fsp3) is 0.364. The number of carbonyl (C=O) groups excluding carboxylic acids is 1. The van der Waals surface area contributed by atoms with E-state index in [9.17, 15) is 13.2 Å². The molecule has 32 heavy (non-hydrogen) atoms. The second-order valence-electron chi connectivity index (χ2n) is 7.34. The molecule has 1 N–H and O–H groups in total. The molecule has 1 aromatic heterocycles. The molecule has 2 aromatic carbocycles. The first kappa shape index (κ1) is 23.0. The van der Waals surface area contributed by atoms with E-state index in [1.807, 2.05) is 31.2 Å². The number of anilines is 1. The summed E-state index contributed by atoms with van der Waals surface area (Å²) >= 11 is 2.89. The maximum Gasteiger partial charge on any atom is 0.243 e. The number of hydrogen-bond acceptors (Lipinski definition) is 7. The maximum atomic E-state index is 13.1. The summed E-state index contributed by atoms with van der Waals surface area (Å²) in [5.74, 6) is 0.361. The van der Waals surface area contributed by atoms with Crippen LogP contribution in [0.3, 0.4) is 0 Å². The average molecular weight is 492 g/mol. The minimum atomic E-state index is -3.61. The van der Waals surface area contributed by atoms with Crippen molar-refractivity contribution in [3.63, 3.8) is 0 Å². The smallest absolute Gasteiger partial charge is 0.243 e. The van der Waals surface area contributed by atoms with Crippen molar-refractivity contribution in [2.24, 2.45) is 0 Å². The van der Waals surface area contributed by atoms with Gasteiger partial charge in [0.2, 0.25) is 15.9 Å². The standard InChI is InChI=1S/C22H25N3O4S3/c1-2-29-19-11-10-16(32(27,28)25-12-6-3-7-13-25)14-18(19)23-21(26)15-30-22-24-17-8-4-5-9-20(17)31-22/h4-5,8-11,14H,2-3,6-7,12-13,15H2,1H3,(H,23,26). The molecule has 1 aliphatic rings. The van der Waals surface area contributed by atoms with Crippen LogP contribution in [0.25, 0.3) is 10.2 Å². The molecular weight excluding hydrogens is 466 g/mol. The van der Waals surface area contributed by atoms with Gasteiger partial charge in [-0.1, -0.05) is 30.3 Å². The number of hydrogen-bond donors (Lipinski definition) is 1. The van der Waals surface area contributed by atoms with E-state index in [0.717, 1.165) is 33.8 Å². The Morgan fingerprint density at radius 3 is 2.72 bits per heavy atom. The first-order chi connectivity index (χ1) is 15.5. The summed E-state index contributed by atoms with van der Waals surface area (Å²) < 4.78 is 35.1. The van der Waals surface area contributed by atoms with Crippen LogP contribution >= 0.6 is 23.1 Å². The van der Waals surface area contributed by atoms with E-state index in [-0.39, 0.29) is 16.6 Å². The van der Waals surface area contributed by atoms with Crippen LogP contribution in [0.15, 0.2) is 51.7 Å². The highest BCUT2D eigenvalue weighted by atomic mass is 32.2. The number of fused-ring (bicyclic) bond motifs is 1. The molecule has 4 rings (SSSR count). The highest BCUT2D eigenvalue weighted by Crippen LogP contribution is 2.32. The van der Waals surface area contributed by atoms with Crippen LogP contribution in [0.4, 0.5) is 5.69 Å².